The van der Waals surface area contributed by atoms with Crippen molar-refractivity contribution in [3.8, 4) is 17.2 Å². The number of nitriles is 1. The first-order valence-corrected chi connectivity index (χ1v) is 9.82. The summed E-state index contributed by atoms with van der Waals surface area (Å²) in [4.78, 5) is 8.87. The number of hydrogen-bond acceptors (Lipinski definition) is 4. The van der Waals surface area contributed by atoms with Crippen molar-refractivity contribution in [1.82, 2.24) is 9.97 Å². The zero-order valence-electron chi connectivity index (χ0n) is 16.3. The van der Waals surface area contributed by atoms with E-state index in [1.807, 2.05) is 36.4 Å². The van der Waals surface area contributed by atoms with Crippen LogP contribution in [0.5, 0.6) is 0 Å². The maximum atomic E-state index is 9.27. The van der Waals surface area contributed by atoms with E-state index in [1.165, 1.54) is 5.56 Å². The summed E-state index contributed by atoms with van der Waals surface area (Å²) in [6.07, 6.45) is 3.22. The van der Waals surface area contributed by atoms with Crippen LogP contribution in [0.4, 0.5) is 11.5 Å². The number of benzene rings is 3. The third-order valence-corrected chi connectivity index (χ3v) is 5.09. The fourth-order valence-electron chi connectivity index (χ4n) is 3.44. The monoisotopic (exact) mass is 378 g/mol. The van der Waals surface area contributed by atoms with Crippen LogP contribution < -0.4 is 5.32 Å². The highest BCUT2D eigenvalue weighted by atomic mass is 15.0. The summed E-state index contributed by atoms with van der Waals surface area (Å²) in [5.74, 6) is 0.840. The van der Waals surface area contributed by atoms with Gasteiger partial charge in [0.15, 0.2) is 0 Å². The fourth-order valence-corrected chi connectivity index (χ4v) is 3.44. The Balaban J connectivity index is 1.70. The van der Waals surface area contributed by atoms with Crippen LogP contribution in [0.2, 0.25) is 0 Å². The lowest BCUT2D eigenvalue weighted by molar-refractivity contribution is 0.638. The lowest BCUT2D eigenvalue weighted by Gasteiger charge is -2.11. The molecular weight excluding hydrogens is 356 g/mol. The average Bonchev–Trinajstić information content (AvgIpc) is 2.78. The van der Waals surface area contributed by atoms with Crippen molar-refractivity contribution in [2.75, 3.05) is 5.32 Å². The molecule has 0 fully saturated rings. The second-order valence-corrected chi connectivity index (χ2v) is 7.08. The van der Waals surface area contributed by atoms with Gasteiger partial charge in [-0.25, -0.2) is 9.97 Å². The Morgan fingerprint density at radius 1 is 0.931 bits per heavy atom. The molecule has 0 spiro atoms. The number of nitrogens with zero attached hydrogens (tertiary/aromatic N) is 3. The molecule has 4 rings (SSSR count). The second kappa shape index (κ2) is 8.53. The molecule has 0 amide bonds. The van der Waals surface area contributed by atoms with E-state index in [1.54, 1.807) is 6.33 Å². The molecule has 1 atom stereocenters. The van der Waals surface area contributed by atoms with Crippen LogP contribution in [0.3, 0.4) is 0 Å². The van der Waals surface area contributed by atoms with Crippen molar-refractivity contribution in [1.29, 1.82) is 5.26 Å². The van der Waals surface area contributed by atoms with Gasteiger partial charge in [-0.1, -0.05) is 55.5 Å². The van der Waals surface area contributed by atoms with Crippen molar-refractivity contribution < 1.29 is 0 Å². The number of para-hydroxylation sites is 1. The first-order chi connectivity index (χ1) is 14.3. The highest BCUT2D eigenvalue weighted by molar-refractivity contribution is 5.93. The molecule has 4 aromatic rings. The minimum absolute atomic E-state index is 0.0527. The van der Waals surface area contributed by atoms with Gasteiger partial charge >= 0.3 is 0 Å². The van der Waals surface area contributed by atoms with Gasteiger partial charge < -0.3 is 5.32 Å². The van der Waals surface area contributed by atoms with Crippen LogP contribution >= 0.6 is 0 Å². The lowest BCUT2D eigenvalue weighted by atomic mass is 9.95. The van der Waals surface area contributed by atoms with Gasteiger partial charge in [-0.05, 0) is 53.8 Å². The molecule has 3 aromatic carbocycles. The van der Waals surface area contributed by atoms with E-state index in [0.717, 1.165) is 46.4 Å². The van der Waals surface area contributed by atoms with Gasteiger partial charge in [-0.15, -0.1) is 0 Å². The molecule has 4 heteroatoms. The third kappa shape index (κ3) is 4.25. The number of anilines is 2. The van der Waals surface area contributed by atoms with Gasteiger partial charge in [0.2, 0.25) is 0 Å². The fraction of sp³-hybridized carbons (Fsp3) is 0.160. The lowest BCUT2D eigenvalue weighted by Crippen LogP contribution is -2.00. The smallest absolute Gasteiger partial charge is 0.141 e. The molecule has 0 aliphatic heterocycles. The quantitative estimate of drug-likeness (QED) is 0.438. The molecule has 0 aliphatic carbocycles. The molecule has 0 radical (unpaired) electrons. The summed E-state index contributed by atoms with van der Waals surface area (Å²) < 4.78 is 0. The van der Waals surface area contributed by atoms with Crippen molar-refractivity contribution in [2.45, 2.75) is 19.8 Å². The summed E-state index contributed by atoms with van der Waals surface area (Å²) in [6, 6.07) is 27.1. The predicted octanol–water partition coefficient (Wildman–Crippen LogP) is 6.13. The largest absolute Gasteiger partial charge is 0.340 e. The van der Waals surface area contributed by atoms with E-state index in [9.17, 15) is 5.26 Å². The molecule has 0 saturated carbocycles. The number of aromatic nitrogens is 2. The molecule has 1 unspecified atom stereocenters. The molecule has 1 aromatic heterocycles. The van der Waals surface area contributed by atoms with Gasteiger partial charge in [-0.3, -0.25) is 0 Å². The second-order valence-electron chi connectivity index (χ2n) is 7.08. The summed E-state index contributed by atoms with van der Waals surface area (Å²) in [5, 5.41) is 13.6. The minimum atomic E-state index is 0.0527. The van der Waals surface area contributed by atoms with Gasteiger partial charge in [0.05, 0.1) is 17.5 Å². The summed E-state index contributed by atoms with van der Waals surface area (Å²) in [5.41, 5.74) is 5.31. The average molecular weight is 378 g/mol. The van der Waals surface area contributed by atoms with Gasteiger partial charge in [0, 0.05) is 11.1 Å². The Hall–Kier alpha value is -3.71. The molecule has 0 aliphatic rings. The number of fused-ring (bicyclic) bond motifs is 1. The summed E-state index contributed by atoms with van der Waals surface area (Å²) >= 11 is 0. The Bertz CT molecular complexity index is 1160. The first kappa shape index (κ1) is 18.6. The molecule has 4 nitrogen and oxygen atoms in total. The normalized spacial score (nSPS) is 11.7. The van der Waals surface area contributed by atoms with Crippen LogP contribution in [0, 0.1) is 17.2 Å². The zero-order chi connectivity index (χ0) is 20.1. The Morgan fingerprint density at radius 3 is 2.55 bits per heavy atom. The Morgan fingerprint density at radius 2 is 1.76 bits per heavy atom. The van der Waals surface area contributed by atoms with Crippen LogP contribution in [0.25, 0.3) is 22.0 Å². The molecule has 0 bridgehead atoms. The van der Waals surface area contributed by atoms with E-state index in [0.29, 0.717) is 0 Å². The van der Waals surface area contributed by atoms with E-state index in [-0.39, 0.29) is 5.92 Å². The zero-order valence-corrected chi connectivity index (χ0v) is 16.3. The Kier molecular flexibility index (Phi) is 5.49. The van der Waals surface area contributed by atoms with E-state index in [4.69, 9.17) is 0 Å². The van der Waals surface area contributed by atoms with E-state index < -0.39 is 0 Å². The topological polar surface area (TPSA) is 61.6 Å². The molecular formula is C25H22N4. The predicted molar refractivity (Wildman–Crippen MR) is 118 cm³/mol. The highest BCUT2D eigenvalue weighted by Gasteiger charge is 2.09. The first-order valence-electron chi connectivity index (χ1n) is 9.82. The molecule has 1 heterocycles. The SMILES string of the molecule is CCC(C#N)Cc1cccc(-c2ccc3ncnc(Nc4ccccc4)c3c2)c1. The highest BCUT2D eigenvalue weighted by Crippen LogP contribution is 2.29. The maximum Gasteiger partial charge on any atom is 0.141 e. The standard InChI is InChI=1S/C25H22N4/c1-2-18(16-26)13-19-7-6-8-20(14-19)21-11-12-24-23(15-21)25(28-17-27-24)29-22-9-4-3-5-10-22/h3-12,14-15,17-18H,2,13H2,1H3,(H,27,28,29). The van der Waals surface area contributed by atoms with E-state index in [2.05, 4.69) is 64.7 Å². The minimum Gasteiger partial charge on any atom is -0.340 e. The van der Waals surface area contributed by atoms with Gasteiger partial charge in [-0.2, -0.15) is 5.26 Å². The molecule has 1 N–H and O–H groups in total. The van der Waals surface area contributed by atoms with Crippen LogP contribution in [-0.4, -0.2) is 9.97 Å². The maximum absolute atomic E-state index is 9.27. The van der Waals surface area contributed by atoms with Crippen LogP contribution in [0.15, 0.2) is 79.1 Å². The van der Waals surface area contributed by atoms with Crippen molar-refractivity contribution >= 4 is 22.4 Å². The van der Waals surface area contributed by atoms with Gasteiger partial charge in [0.1, 0.15) is 12.1 Å². The molecule has 0 saturated heterocycles. The third-order valence-electron chi connectivity index (χ3n) is 5.09. The van der Waals surface area contributed by atoms with E-state index >= 15 is 0 Å². The van der Waals surface area contributed by atoms with Crippen LogP contribution in [0.1, 0.15) is 18.9 Å². The number of hydrogen-bond donors (Lipinski definition) is 1. The van der Waals surface area contributed by atoms with Crippen molar-refractivity contribution in [2.24, 2.45) is 5.92 Å². The summed E-state index contributed by atoms with van der Waals surface area (Å²) in [7, 11) is 0. The molecule has 29 heavy (non-hydrogen) atoms. The Labute approximate surface area is 170 Å². The number of rotatable bonds is 6. The van der Waals surface area contributed by atoms with Crippen LogP contribution in [-0.2, 0) is 6.42 Å². The van der Waals surface area contributed by atoms with Crippen molar-refractivity contribution in [3.05, 3.63) is 84.7 Å². The number of nitrogens with one attached hydrogen (secondary N) is 1. The molecule has 142 valence electrons. The van der Waals surface area contributed by atoms with Gasteiger partial charge in [0.25, 0.3) is 0 Å². The summed E-state index contributed by atoms with van der Waals surface area (Å²) in [6.45, 7) is 2.06. The van der Waals surface area contributed by atoms with Crippen molar-refractivity contribution in [3.63, 3.8) is 0 Å².